The molecule has 2 aromatic carbocycles. The van der Waals surface area contributed by atoms with Crippen molar-refractivity contribution in [2.24, 2.45) is 0 Å². The van der Waals surface area contributed by atoms with Crippen LogP contribution in [0.5, 0.6) is 5.75 Å². The Morgan fingerprint density at radius 1 is 1.23 bits per heavy atom. The number of carboxylic acid groups (broad SMARTS) is 1. The fraction of sp³-hybridized carbons (Fsp3) is 0.417. The minimum Gasteiger partial charge on any atom is -0.494 e. The summed E-state index contributed by atoms with van der Waals surface area (Å²) in [5.74, 6) is -1.03. The van der Waals surface area contributed by atoms with Gasteiger partial charge in [-0.1, -0.05) is 24.3 Å². The van der Waals surface area contributed by atoms with Gasteiger partial charge in [-0.3, -0.25) is 9.59 Å². The first-order valence-corrected chi connectivity index (χ1v) is 10.4. The molecule has 1 aliphatic heterocycles. The molecule has 1 atom stereocenters. The SMILES string of the molecule is COc1cc(C(C)(C)NCCC(=O)N2CC(CCC(=O)O)c3ccccc32)ccc1F. The topological polar surface area (TPSA) is 78.9 Å². The van der Waals surface area contributed by atoms with Crippen molar-refractivity contribution in [3.63, 3.8) is 0 Å². The van der Waals surface area contributed by atoms with Crippen LogP contribution in [0.25, 0.3) is 0 Å². The van der Waals surface area contributed by atoms with Crippen LogP contribution in [-0.4, -0.2) is 37.2 Å². The van der Waals surface area contributed by atoms with E-state index in [9.17, 15) is 14.0 Å². The predicted molar refractivity (Wildman–Crippen MR) is 117 cm³/mol. The third kappa shape index (κ3) is 5.22. The van der Waals surface area contributed by atoms with Crippen LogP contribution in [0.3, 0.4) is 0 Å². The molecule has 0 aromatic heterocycles. The van der Waals surface area contributed by atoms with E-state index in [0.29, 0.717) is 25.9 Å². The molecule has 2 aromatic rings. The molecule has 2 N–H and O–H groups in total. The van der Waals surface area contributed by atoms with Gasteiger partial charge < -0.3 is 20.1 Å². The zero-order chi connectivity index (χ0) is 22.6. The summed E-state index contributed by atoms with van der Waals surface area (Å²) in [4.78, 5) is 25.7. The van der Waals surface area contributed by atoms with Crippen LogP contribution in [0.1, 0.15) is 50.2 Å². The van der Waals surface area contributed by atoms with Gasteiger partial charge in [-0.25, -0.2) is 4.39 Å². The van der Waals surface area contributed by atoms with Crippen LogP contribution >= 0.6 is 0 Å². The van der Waals surface area contributed by atoms with Crippen LogP contribution in [0.4, 0.5) is 10.1 Å². The number of anilines is 1. The largest absolute Gasteiger partial charge is 0.494 e. The summed E-state index contributed by atoms with van der Waals surface area (Å²) in [6.07, 6.45) is 0.882. The van der Waals surface area contributed by atoms with Gasteiger partial charge in [0.05, 0.1) is 7.11 Å². The predicted octanol–water partition coefficient (Wildman–Crippen LogP) is 4.04. The highest BCUT2D eigenvalue weighted by Gasteiger charge is 2.32. The second-order valence-electron chi connectivity index (χ2n) is 8.34. The number of halogens is 1. The molecule has 1 aliphatic rings. The number of fused-ring (bicyclic) bond motifs is 1. The number of ether oxygens (including phenoxy) is 1. The van der Waals surface area contributed by atoms with Crippen molar-refractivity contribution < 1.29 is 23.8 Å². The molecule has 0 radical (unpaired) electrons. The van der Waals surface area contributed by atoms with E-state index < -0.39 is 17.3 Å². The number of rotatable bonds is 9. The summed E-state index contributed by atoms with van der Waals surface area (Å²) in [6.45, 7) is 4.89. The van der Waals surface area contributed by atoms with Gasteiger partial charge in [0.1, 0.15) is 0 Å². The highest BCUT2D eigenvalue weighted by atomic mass is 19.1. The molecule has 0 aliphatic carbocycles. The van der Waals surface area contributed by atoms with Crippen molar-refractivity contribution in [2.75, 3.05) is 25.1 Å². The maximum Gasteiger partial charge on any atom is 0.303 e. The van der Waals surface area contributed by atoms with Crippen LogP contribution in [0.2, 0.25) is 0 Å². The van der Waals surface area contributed by atoms with Gasteiger partial charge >= 0.3 is 5.97 Å². The number of hydrogen-bond acceptors (Lipinski definition) is 4. The molecule has 3 rings (SSSR count). The van der Waals surface area contributed by atoms with E-state index in [0.717, 1.165) is 16.8 Å². The Kier molecular flexibility index (Phi) is 6.95. The molecule has 31 heavy (non-hydrogen) atoms. The Bertz CT molecular complexity index is 960. The fourth-order valence-electron chi connectivity index (χ4n) is 4.04. The Morgan fingerprint density at radius 2 is 1.97 bits per heavy atom. The van der Waals surface area contributed by atoms with Crippen LogP contribution in [0, 0.1) is 5.82 Å². The summed E-state index contributed by atoms with van der Waals surface area (Å²) >= 11 is 0. The van der Waals surface area contributed by atoms with E-state index in [2.05, 4.69) is 5.32 Å². The van der Waals surface area contributed by atoms with Gasteiger partial charge in [-0.05, 0) is 49.6 Å². The second kappa shape index (κ2) is 9.47. The van der Waals surface area contributed by atoms with Crippen molar-refractivity contribution >= 4 is 17.6 Å². The Hall–Kier alpha value is -2.93. The molecular weight excluding hydrogens is 399 g/mol. The number of carboxylic acids is 1. The Balaban J connectivity index is 1.62. The lowest BCUT2D eigenvalue weighted by molar-refractivity contribution is -0.137. The number of benzene rings is 2. The molecular formula is C24H29FN2O4. The van der Waals surface area contributed by atoms with Gasteiger partial charge in [0.15, 0.2) is 11.6 Å². The maximum absolute atomic E-state index is 13.7. The van der Waals surface area contributed by atoms with Crippen LogP contribution in [0.15, 0.2) is 42.5 Å². The molecule has 7 heteroatoms. The smallest absolute Gasteiger partial charge is 0.303 e. The molecule has 6 nitrogen and oxygen atoms in total. The van der Waals surface area contributed by atoms with Gasteiger partial charge in [0, 0.05) is 43.1 Å². The monoisotopic (exact) mass is 428 g/mol. The number of aliphatic carboxylic acids is 1. The number of nitrogens with zero attached hydrogens (tertiary/aromatic N) is 1. The van der Waals surface area contributed by atoms with Crippen LogP contribution in [-0.2, 0) is 15.1 Å². The second-order valence-corrected chi connectivity index (χ2v) is 8.34. The number of carbonyl (C=O) groups is 2. The third-order valence-corrected chi connectivity index (χ3v) is 5.86. The highest BCUT2D eigenvalue weighted by Crippen LogP contribution is 2.38. The number of hydrogen-bond donors (Lipinski definition) is 2. The van der Waals surface area contributed by atoms with Crippen molar-refractivity contribution in [1.29, 1.82) is 0 Å². The maximum atomic E-state index is 13.7. The van der Waals surface area contributed by atoms with Crippen molar-refractivity contribution in [3.05, 3.63) is 59.4 Å². The average molecular weight is 429 g/mol. The van der Waals surface area contributed by atoms with E-state index >= 15 is 0 Å². The third-order valence-electron chi connectivity index (χ3n) is 5.86. The zero-order valence-electron chi connectivity index (χ0n) is 18.2. The lowest BCUT2D eigenvalue weighted by Gasteiger charge is -2.28. The standard InChI is InChI=1S/C24H29FN2O4/c1-24(2,17-9-10-19(25)21(14-17)31-3)26-13-12-22(28)27-15-16(8-11-23(29)30)18-6-4-5-7-20(18)27/h4-7,9-10,14,16,26H,8,11-13,15H2,1-3H3,(H,29,30). The first-order chi connectivity index (χ1) is 14.7. The van der Waals surface area contributed by atoms with Crippen molar-refractivity contribution in [3.8, 4) is 5.75 Å². The molecule has 166 valence electrons. The minimum absolute atomic E-state index is 0.00902. The van der Waals surface area contributed by atoms with Crippen molar-refractivity contribution in [1.82, 2.24) is 5.32 Å². The molecule has 0 fully saturated rings. The number of amides is 1. The lowest BCUT2D eigenvalue weighted by Crippen LogP contribution is -2.40. The molecule has 0 saturated heterocycles. The Labute approximate surface area is 182 Å². The van der Waals surface area contributed by atoms with E-state index in [1.54, 1.807) is 17.0 Å². The summed E-state index contributed by atoms with van der Waals surface area (Å²) in [5, 5.41) is 12.4. The average Bonchev–Trinajstić information content (AvgIpc) is 3.11. The van der Waals surface area contributed by atoms with Gasteiger partial charge in [-0.2, -0.15) is 0 Å². The zero-order valence-corrected chi connectivity index (χ0v) is 18.2. The number of carbonyl (C=O) groups excluding carboxylic acids is 1. The van der Waals surface area contributed by atoms with Gasteiger partial charge in [-0.15, -0.1) is 0 Å². The van der Waals surface area contributed by atoms with Crippen LogP contribution < -0.4 is 15.0 Å². The summed E-state index contributed by atoms with van der Waals surface area (Å²) in [6, 6.07) is 12.4. The quantitative estimate of drug-likeness (QED) is 0.630. The molecule has 1 unspecified atom stereocenters. The molecule has 1 amide bonds. The lowest BCUT2D eigenvalue weighted by atomic mass is 9.94. The fourth-order valence-corrected chi connectivity index (χ4v) is 4.04. The van der Waals surface area contributed by atoms with Crippen molar-refractivity contribution in [2.45, 2.75) is 44.6 Å². The van der Waals surface area contributed by atoms with Gasteiger partial charge in [0.2, 0.25) is 5.91 Å². The number of para-hydroxylation sites is 1. The first-order valence-electron chi connectivity index (χ1n) is 10.4. The highest BCUT2D eigenvalue weighted by molar-refractivity contribution is 5.96. The molecule has 0 bridgehead atoms. The molecule has 0 spiro atoms. The first kappa shape index (κ1) is 22.7. The Morgan fingerprint density at radius 3 is 2.68 bits per heavy atom. The minimum atomic E-state index is -0.828. The van der Waals surface area contributed by atoms with E-state index in [4.69, 9.17) is 9.84 Å². The molecule has 1 heterocycles. The summed E-state index contributed by atoms with van der Waals surface area (Å²) in [7, 11) is 1.43. The summed E-state index contributed by atoms with van der Waals surface area (Å²) < 4.78 is 18.8. The summed E-state index contributed by atoms with van der Waals surface area (Å²) in [5.41, 5.74) is 2.28. The number of methoxy groups -OCH3 is 1. The van der Waals surface area contributed by atoms with Gasteiger partial charge in [0.25, 0.3) is 0 Å². The van der Waals surface area contributed by atoms with E-state index in [1.165, 1.54) is 13.2 Å². The number of nitrogens with one attached hydrogen (secondary N) is 1. The van der Waals surface area contributed by atoms with E-state index in [1.807, 2.05) is 38.1 Å². The molecule has 0 saturated carbocycles. The normalized spacial score (nSPS) is 15.6. The van der Waals surface area contributed by atoms with E-state index in [-0.39, 0.29) is 24.0 Å².